The van der Waals surface area contributed by atoms with Crippen molar-refractivity contribution in [1.82, 2.24) is 10.3 Å². The second kappa shape index (κ2) is 8.16. The number of hydrogen-bond donors (Lipinski definition) is 2. The van der Waals surface area contributed by atoms with Gasteiger partial charge in [0.05, 0.1) is 23.3 Å². The van der Waals surface area contributed by atoms with Crippen LogP contribution < -0.4 is 10.2 Å². The molecule has 26 heavy (non-hydrogen) atoms. The van der Waals surface area contributed by atoms with Crippen LogP contribution in [0.5, 0.6) is 0 Å². The minimum Gasteiger partial charge on any atom is -0.345 e. The van der Waals surface area contributed by atoms with Crippen LogP contribution in [0.15, 0.2) is 48.5 Å². The van der Waals surface area contributed by atoms with E-state index in [1.54, 1.807) is 11.3 Å². The minimum atomic E-state index is -0.0506. The zero-order valence-electron chi connectivity index (χ0n) is 15.1. The molecule has 1 amide bonds. The molecule has 1 heterocycles. The summed E-state index contributed by atoms with van der Waals surface area (Å²) in [6.07, 6.45) is 0. The van der Waals surface area contributed by atoms with Crippen molar-refractivity contribution < 1.29 is 9.69 Å². The van der Waals surface area contributed by atoms with Crippen LogP contribution in [-0.4, -0.2) is 24.5 Å². The molecule has 0 aliphatic rings. The number of quaternary nitrogens is 1. The largest absolute Gasteiger partial charge is 0.345 e. The van der Waals surface area contributed by atoms with Gasteiger partial charge >= 0.3 is 0 Å². The molecule has 3 aromatic rings. The second-order valence-corrected chi connectivity index (χ2v) is 8.10. The van der Waals surface area contributed by atoms with Crippen molar-refractivity contribution in [2.75, 3.05) is 13.6 Å². The number of benzene rings is 2. The monoisotopic (exact) mass is 388 g/mol. The maximum absolute atomic E-state index is 12.4. The summed E-state index contributed by atoms with van der Waals surface area (Å²) < 4.78 is 1.18. The number of nitrogens with zero attached hydrogens (tertiary/aromatic N) is 1. The highest BCUT2D eigenvalue weighted by Crippen LogP contribution is 2.24. The molecule has 4 nitrogen and oxygen atoms in total. The van der Waals surface area contributed by atoms with Crippen LogP contribution >= 0.6 is 22.9 Å². The third-order valence-electron chi connectivity index (χ3n) is 4.61. The summed E-state index contributed by atoms with van der Waals surface area (Å²) in [4.78, 5) is 18.3. The molecule has 2 aromatic carbocycles. The Morgan fingerprint density at radius 1 is 1.19 bits per heavy atom. The molecule has 136 valence electrons. The molecule has 6 heteroatoms. The first-order chi connectivity index (χ1) is 12.4. The summed E-state index contributed by atoms with van der Waals surface area (Å²) in [7, 11) is 2.03. The van der Waals surface area contributed by atoms with Gasteiger partial charge in [-0.25, -0.2) is 4.98 Å². The molecule has 0 bridgehead atoms. The number of likely N-dealkylation sites (N-methyl/N-ethyl adjacent to an activating group) is 1. The number of carbonyl (C=O) groups excluding carboxylic acids is 1. The highest BCUT2D eigenvalue weighted by molar-refractivity contribution is 7.18. The Bertz CT molecular complexity index is 860. The third kappa shape index (κ3) is 4.41. The predicted octanol–water partition coefficient (Wildman–Crippen LogP) is 3.40. The van der Waals surface area contributed by atoms with E-state index in [9.17, 15) is 4.79 Å². The Morgan fingerprint density at radius 2 is 1.88 bits per heavy atom. The highest BCUT2D eigenvalue weighted by Gasteiger charge is 2.22. The average molecular weight is 389 g/mol. The summed E-state index contributed by atoms with van der Waals surface area (Å²) in [6.45, 7) is 4.49. The van der Waals surface area contributed by atoms with Crippen molar-refractivity contribution in [2.24, 2.45) is 0 Å². The van der Waals surface area contributed by atoms with E-state index in [4.69, 9.17) is 16.6 Å². The molecule has 1 unspecified atom stereocenters. The van der Waals surface area contributed by atoms with Crippen molar-refractivity contribution in [3.63, 3.8) is 0 Å². The molecule has 3 rings (SSSR count). The maximum Gasteiger partial charge on any atom is 0.275 e. The Labute approximate surface area is 162 Å². The van der Waals surface area contributed by atoms with Gasteiger partial charge < -0.3 is 10.2 Å². The van der Waals surface area contributed by atoms with E-state index in [-0.39, 0.29) is 18.0 Å². The van der Waals surface area contributed by atoms with Gasteiger partial charge in [-0.2, -0.15) is 0 Å². The maximum atomic E-state index is 12.4. The summed E-state index contributed by atoms with van der Waals surface area (Å²) in [5.41, 5.74) is 2.06. The lowest BCUT2D eigenvalue weighted by Gasteiger charge is -2.21. The van der Waals surface area contributed by atoms with Crippen molar-refractivity contribution in [3.8, 4) is 0 Å². The molecule has 0 spiro atoms. The number of para-hydroxylation sites is 1. The molecule has 0 aliphatic heterocycles. The summed E-state index contributed by atoms with van der Waals surface area (Å²) in [5, 5.41) is 4.81. The first-order valence-corrected chi connectivity index (χ1v) is 9.86. The number of aromatic nitrogens is 1. The van der Waals surface area contributed by atoms with Gasteiger partial charge in [0, 0.05) is 5.02 Å². The van der Waals surface area contributed by atoms with Crippen LogP contribution in [0, 0.1) is 0 Å². The minimum absolute atomic E-state index is 0.0258. The lowest BCUT2D eigenvalue weighted by atomic mass is 10.1. The van der Waals surface area contributed by atoms with Gasteiger partial charge in [-0.3, -0.25) is 4.79 Å². The summed E-state index contributed by atoms with van der Waals surface area (Å²) in [6, 6.07) is 15.8. The Hall–Kier alpha value is -1.95. The summed E-state index contributed by atoms with van der Waals surface area (Å²) >= 11 is 7.61. The lowest BCUT2D eigenvalue weighted by Crippen LogP contribution is -3.10. The number of fused-ring (bicyclic) bond motifs is 1. The quantitative estimate of drug-likeness (QED) is 0.679. The van der Waals surface area contributed by atoms with Crippen LogP contribution in [0.3, 0.4) is 0 Å². The fraction of sp³-hybridized carbons (Fsp3) is 0.300. The number of hydrogen-bond acceptors (Lipinski definition) is 3. The molecule has 0 saturated heterocycles. The number of halogens is 1. The van der Waals surface area contributed by atoms with E-state index in [0.717, 1.165) is 21.0 Å². The first kappa shape index (κ1) is 18.8. The Balaban J connectivity index is 1.60. The third-order valence-corrected chi connectivity index (χ3v) is 6.08. The van der Waals surface area contributed by atoms with E-state index in [1.165, 1.54) is 4.70 Å². The van der Waals surface area contributed by atoms with Crippen LogP contribution in [-0.2, 0) is 4.79 Å². The normalized spacial score (nSPS) is 14.8. The molecule has 0 saturated carbocycles. The van der Waals surface area contributed by atoms with E-state index in [0.29, 0.717) is 11.6 Å². The second-order valence-electron chi connectivity index (χ2n) is 6.61. The molecular weight excluding hydrogens is 366 g/mol. The van der Waals surface area contributed by atoms with Crippen LogP contribution in [0.2, 0.25) is 5.02 Å². The van der Waals surface area contributed by atoms with Crippen LogP contribution in [0.1, 0.15) is 36.5 Å². The van der Waals surface area contributed by atoms with Gasteiger partial charge in [0.25, 0.3) is 5.91 Å². The summed E-state index contributed by atoms with van der Waals surface area (Å²) in [5.74, 6) is 0.0258. The SMILES string of the molecule is C[C@H](NC(=O)C[NH+](C)[C@@H](C)c1nc2ccccc2s1)c1ccc(Cl)cc1. The van der Waals surface area contributed by atoms with E-state index in [2.05, 4.69) is 18.3 Å². The van der Waals surface area contributed by atoms with Crippen molar-refractivity contribution in [1.29, 1.82) is 0 Å². The molecule has 1 aromatic heterocycles. The molecule has 0 radical (unpaired) electrons. The number of rotatable bonds is 6. The lowest BCUT2D eigenvalue weighted by molar-refractivity contribution is -0.902. The van der Waals surface area contributed by atoms with Gasteiger partial charge in [0.2, 0.25) is 0 Å². The highest BCUT2D eigenvalue weighted by atomic mass is 35.5. The first-order valence-electron chi connectivity index (χ1n) is 8.66. The van der Waals surface area contributed by atoms with Gasteiger partial charge in [-0.1, -0.05) is 35.9 Å². The fourth-order valence-corrected chi connectivity index (χ4v) is 4.06. The van der Waals surface area contributed by atoms with Crippen molar-refractivity contribution >= 4 is 39.1 Å². The molecule has 0 fully saturated rings. The zero-order chi connectivity index (χ0) is 18.7. The number of nitrogens with one attached hydrogen (secondary N) is 2. The molecule has 0 aliphatic carbocycles. The van der Waals surface area contributed by atoms with Crippen molar-refractivity contribution in [3.05, 3.63) is 64.1 Å². The van der Waals surface area contributed by atoms with Gasteiger partial charge in [0.1, 0.15) is 6.04 Å². The van der Waals surface area contributed by atoms with E-state index >= 15 is 0 Å². The molecule has 3 atom stereocenters. The smallest absolute Gasteiger partial charge is 0.275 e. The van der Waals surface area contributed by atoms with Crippen LogP contribution in [0.4, 0.5) is 0 Å². The van der Waals surface area contributed by atoms with Gasteiger partial charge in [-0.05, 0) is 43.7 Å². The van der Waals surface area contributed by atoms with E-state index < -0.39 is 0 Å². The number of thiazole rings is 1. The van der Waals surface area contributed by atoms with Gasteiger partial charge in [-0.15, -0.1) is 11.3 Å². The Kier molecular flexibility index (Phi) is 5.91. The standard InChI is InChI=1S/C20H22ClN3OS/c1-13(15-8-10-16(21)11-9-15)22-19(25)12-24(3)14(2)20-23-17-6-4-5-7-18(17)26-20/h4-11,13-14H,12H2,1-3H3,(H,22,25)/p+1/t13-,14-/m0/s1. The number of carbonyl (C=O) groups is 1. The topological polar surface area (TPSA) is 46.4 Å². The van der Waals surface area contributed by atoms with Crippen molar-refractivity contribution in [2.45, 2.75) is 25.9 Å². The molecular formula is C20H23ClN3OS+. The predicted molar refractivity (Wildman–Crippen MR) is 108 cm³/mol. The van der Waals surface area contributed by atoms with Crippen LogP contribution in [0.25, 0.3) is 10.2 Å². The van der Waals surface area contributed by atoms with E-state index in [1.807, 2.05) is 56.4 Å². The average Bonchev–Trinajstić information content (AvgIpc) is 3.05. The van der Waals surface area contributed by atoms with Gasteiger partial charge in [0.15, 0.2) is 11.6 Å². The molecule has 2 N–H and O–H groups in total. The Morgan fingerprint density at radius 3 is 2.58 bits per heavy atom. The zero-order valence-corrected chi connectivity index (χ0v) is 16.7. The fourth-order valence-electron chi connectivity index (χ4n) is 2.82. The number of amides is 1.